The molecular weight excluding hydrogens is 234 g/mol. The lowest BCUT2D eigenvalue weighted by atomic mass is 10.0. The molecule has 1 aromatic rings. The van der Waals surface area contributed by atoms with Crippen LogP contribution in [0.15, 0.2) is 24.3 Å². The molecule has 0 aliphatic heterocycles. The SMILES string of the molecule is CCCCN(CCC(=O)c1ccccc1C)C1CC1. The Morgan fingerprint density at radius 3 is 2.63 bits per heavy atom. The van der Waals surface area contributed by atoms with E-state index in [1.807, 2.05) is 31.2 Å². The molecule has 1 aliphatic carbocycles. The molecule has 0 atom stereocenters. The Morgan fingerprint density at radius 2 is 2.00 bits per heavy atom. The van der Waals surface area contributed by atoms with Crippen molar-refractivity contribution in [2.45, 2.75) is 52.0 Å². The van der Waals surface area contributed by atoms with Crippen molar-refractivity contribution in [3.63, 3.8) is 0 Å². The molecule has 0 radical (unpaired) electrons. The number of carbonyl (C=O) groups is 1. The number of nitrogens with zero attached hydrogens (tertiary/aromatic N) is 1. The van der Waals surface area contributed by atoms with Crippen LogP contribution >= 0.6 is 0 Å². The van der Waals surface area contributed by atoms with Gasteiger partial charge in [-0.25, -0.2) is 0 Å². The summed E-state index contributed by atoms with van der Waals surface area (Å²) in [5.41, 5.74) is 1.99. The van der Waals surface area contributed by atoms with E-state index in [1.165, 1.54) is 25.7 Å². The van der Waals surface area contributed by atoms with Crippen LogP contribution in [0.5, 0.6) is 0 Å². The highest BCUT2D eigenvalue weighted by atomic mass is 16.1. The van der Waals surface area contributed by atoms with Crippen molar-refractivity contribution >= 4 is 5.78 Å². The van der Waals surface area contributed by atoms with Gasteiger partial charge < -0.3 is 0 Å². The number of rotatable bonds is 8. The van der Waals surface area contributed by atoms with Gasteiger partial charge in [-0.05, 0) is 38.3 Å². The minimum absolute atomic E-state index is 0.292. The van der Waals surface area contributed by atoms with Crippen LogP contribution in [0.3, 0.4) is 0 Å². The van der Waals surface area contributed by atoms with E-state index in [-0.39, 0.29) is 0 Å². The van der Waals surface area contributed by atoms with Gasteiger partial charge in [0.15, 0.2) is 5.78 Å². The maximum Gasteiger partial charge on any atom is 0.164 e. The molecule has 0 amide bonds. The molecule has 19 heavy (non-hydrogen) atoms. The van der Waals surface area contributed by atoms with Crippen LogP contribution in [0.25, 0.3) is 0 Å². The number of unbranched alkanes of at least 4 members (excludes halogenated alkanes) is 1. The van der Waals surface area contributed by atoms with Gasteiger partial charge in [-0.15, -0.1) is 0 Å². The molecule has 2 heteroatoms. The Hall–Kier alpha value is -1.15. The third kappa shape index (κ3) is 4.17. The van der Waals surface area contributed by atoms with E-state index in [9.17, 15) is 4.79 Å². The second-order valence-electron chi connectivity index (χ2n) is 5.61. The molecule has 1 aliphatic rings. The Bertz CT molecular complexity index is 423. The predicted octanol–water partition coefficient (Wildman–Crippen LogP) is 3.83. The first-order valence-electron chi connectivity index (χ1n) is 7.55. The standard InChI is InChI=1S/C17H25NO/c1-3-4-12-18(15-9-10-15)13-11-17(19)16-8-6-5-7-14(16)2/h5-8,15H,3-4,9-13H2,1-2H3. The molecule has 104 valence electrons. The number of hydrogen-bond acceptors (Lipinski definition) is 2. The highest BCUT2D eigenvalue weighted by Gasteiger charge is 2.28. The summed E-state index contributed by atoms with van der Waals surface area (Å²) in [4.78, 5) is 14.8. The molecule has 1 fully saturated rings. The molecule has 1 aromatic carbocycles. The van der Waals surface area contributed by atoms with Crippen molar-refractivity contribution in [1.82, 2.24) is 4.90 Å². The van der Waals surface area contributed by atoms with E-state index in [0.717, 1.165) is 30.3 Å². The van der Waals surface area contributed by atoms with Crippen LogP contribution < -0.4 is 0 Å². The summed E-state index contributed by atoms with van der Waals surface area (Å²) in [6.45, 7) is 6.33. The van der Waals surface area contributed by atoms with Crippen molar-refractivity contribution in [1.29, 1.82) is 0 Å². The van der Waals surface area contributed by atoms with Crippen LogP contribution in [0.2, 0.25) is 0 Å². The number of carbonyl (C=O) groups excluding carboxylic acids is 1. The summed E-state index contributed by atoms with van der Waals surface area (Å²) < 4.78 is 0. The Labute approximate surface area is 116 Å². The summed E-state index contributed by atoms with van der Waals surface area (Å²) in [7, 11) is 0. The maximum atomic E-state index is 12.3. The number of aryl methyl sites for hydroxylation is 1. The molecular formula is C17H25NO. The molecule has 0 heterocycles. The highest BCUT2D eigenvalue weighted by molar-refractivity contribution is 5.97. The van der Waals surface area contributed by atoms with Crippen molar-refractivity contribution in [3.8, 4) is 0 Å². The van der Waals surface area contributed by atoms with Crippen LogP contribution in [-0.4, -0.2) is 29.8 Å². The van der Waals surface area contributed by atoms with Gasteiger partial charge in [0.1, 0.15) is 0 Å². The van der Waals surface area contributed by atoms with Crippen LogP contribution in [0.1, 0.15) is 54.9 Å². The Balaban J connectivity index is 1.86. The lowest BCUT2D eigenvalue weighted by Crippen LogP contribution is -2.29. The lowest BCUT2D eigenvalue weighted by molar-refractivity contribution is 0.0961. The summed E-state index contributed by atoms with van der Waals surface area (Å²) >= 11 is 0. The van der Waals surface area contributed by atoms with Gasteiger partial charge in [-0.2, -0.15) is 0 Å². The van der Waals surface area contributed by atoms with E-state index in [4.69, 9.17) is 0 Å². The smallest absolute Gasteiger partial charge is 0.164 e. The molecule has 0 bridgehead atoms. The topological polar surface area (TPSA) is 20.3 Å². The molecule has 0 saturated heterocycles. The zero-order chi connectivity index (χ0) is 13.7. The second kappa shape index (κ2) is 6.85. The summed E-state index contributed by atoms with van der Waals surface area (Å²) in [6.07, 6.45) is 5.78. The molecule has 0 unspecified atom stereocenters. The van der Waals surface area contributed by atoms with Crippen LogP contribution in [0, 0.1) is 6.92 Å². The summed E-state index contributed by atoms with van der Waals surface area (Å²) in [6, 6.07) is 8.67. The van der Waals surface area contributed by atoms with Crippen molar-refractivity contribution in [2.75, 3.05) is 13.1 Å². The molecule has 0 N–H and O–H groups in total. The Kier molecular flexibility index (Phi) is 5.15. The van der Waals surface area contributed by atoms with Gasteiger partial charge >= 0.3 is 0 Å². The fraction of sp³-hybridized carbons (Fsp3) is 0.588. The van der Waals surface area contributed by atoms with Gasteiger partial charge in [0.05, 0.1) is 0 Å². The highest BCUT2D eigenvalue weighted by Crippen LogP contribution is 2.27. The molecule has 2 nitrogen and oxygen atoms in total. The van der Waals surface area contributed by atoms with E-state index in [1.54, 1.807) is 0 Å². The quantitative estimate of drug-likeness (QED) is 0.661. The van der Waals surface area contributed by atoms with Crippen molar-refractivity contribution in [2.24, 2.45) is 0 Å². The van der Waals surface area contributed by atoms with Crippen molar-refractivity contribution < 1.29 is 4.79 Å². The first-order valence-corrected chi connectivity index (χ1v) is 7.55. The number of Topliss-reactive ketones (excluding diaryl/α,β-unsaturated/α-hetero) is 1. The van der Waals surface area contributed by atoms with Gasteiger partial charge in [0, 0.05) is 24.6 Å². The van der Waals surface area contributed by atoms with Gasteiger partial charge in [0.25, 0.3) is 0 Å². The van der Waals surface area contributed by atoms with Crippen LogP contribution in [0.4, 0.5) is 0 Å². The van der Waals surface area contributed by atoms with Crippen molar-refractivity contribution in [3.05, 3.63) is 35.4 Å². The average Bonchev–Trinajstić information content (AvgIpc) is 3.23. The Morgan fingerprint density at radius 1 is 1.26 bits per heavy atom. The number of benzene rings is 1. The first-order chi connectivity index (χ1) is 9.22. The monoisotopic (exact) mass is 259 g/mol. The molecule has 1 saturated carbocycles. The molecule has 0 aromatic heterocycles. The third-order valence-corrected chi connectivity index (χ3v) is 3.93. The third-order valence-electron chi connectivity index (χ3n) is 3.93. The molecule has 0 spiro atoms. The number of hydrogen-bond donors (Lipinski definition) is 0. The summed E-state index contributed by atoms with van der Waals surface area (Å²) in [5.74, 6) is 0.292. The van der Waals surface area contributed by atoms with E-state index in [2.05, 4.69) is 11.8 Å². The second-order valence-corrected chi connectivity index (χ2v) is 5.61. The largest absolute Gasteiger partial charge is 0.300 e. The summed E-state index contributed by atoms with van der Waals surface area (Å²) in [5, 5.41) is 0. The average molecular weight is 259 g/mol. The molecule has 2 rings (SSSR count). The van der Waals surface area contributed by atoms with E-state index in [0.29, 0.717) is 12.2 Å². The van der Waals surface area contributed by atoms with Gasteiger partial charge in [-0.3, -0.25) is 9.69 Å². The fourth-order valence-electron chi connectivity index (χ4n) is 2.54. The van der Waals surface area contributed by atoms with Gasteiger partial charge in [-0.1, -0.05) is 37.6 Å². The normalized spacial score (nSPS) is 14.9. The van der Waals surface area contributed by atoms with E-state index >= 15 is 0 Å². The zero-order valence-electron chi connectivity index (χ0n) is 12.2. The fourth-order valence-corrected chi connectivity index (χ4v) is 2.54. The zero-order valence-corrected chi connectivity index (χ0v) is 12.2. The first kappa shape index (κ1) is 14.3. The van der Waals surface area contributed by atoms with E-state index < -0.39 is 0 Å². The number of ketones is 1. The lowest BCUT2D eigenvalue weighted by Gasteiger charge is -2.21. The minimum atomic E-state index is 0.292. The van der Waals surface area contributed by atoms with Crippen LogP contribution in [-0.2, 0) is 0 Å². The predicted molar refractivity (Wildman–Crippen MR) is 79.6 cm³/mol. The minimum Gasteiger partial charge on any atom is -0.300 e. The van der Waals surface area contributed by atoms with Gasteiger partial charge in [0.2, 0.25) is 0 Å². The maximum absolute atomic E-state index is 12.3.